The number of rotatable bonds is 2. The van der Waals surface area contributed by atoms with Crippen LogP contribution in [0.5, 0.6) is 0 Å². The van der Waals surface area contributed by atoms with Crippen molar-refractivity contribution in [1.82, 2.24) is 5.43 Å². The van der Waals surface area contributed by atoms with Gasteiger partial charge in [-0.1, -0.05) is 6.42 Å². The summed E-state index contributed by atoms with van der Waals surface area (Å²) < 4.78 is 0. The van der Waals surface area contributed by atoms with Gasteiger partial charge in [-0.15, -0.1) is 24.8 Å². The lowest BCUT2D eigenvalue weighted by Crippen LogP contribution is -2.41. The number of hydrazine groups is 1. The van der Waals surface area contributed by atoms with Crippen LogP contribution in [0.2, 0.25) is 0 Å². The quantitative estimate of drug-likeness (QED) is 0.507. The molecule has 0 aromatic carbocycles. The second kappa shape index (κ2) is 6.23. The highest BCUT2D eigenvalue weighted by atomic mass is 35.5. The Hall–Kier alpha value is 0.500. The van der Waals surface area contributed by atoms with E-state index in [0.29, 0.717) is 6.04 Å². The summed E-state index contributed by atoms with van der Waals surface area (Å²) >= 11 is 0. The average molecular weight is 187 g/mol. The van der Waals surface area contributed by atoms with Gasteiger partial charge in [0.25, 0.3) is 0 Å². The van der Waals surface area contributed by atoms with Gasteiger partial charge in [0.05, 0.1) is 0 Å². The summed E-state index contributed by atoms with van der Waals surface area (Å²) in [7, 11) is 0. The highest BCUT2D eigenvalue weighted by molar-refractivity contribution is 5.85. The van der Waals surface area contributed by atoms with Crippen molar-refractivity contribution in [1.29, 1.82) is 0 Å². The van der Waals surface area contributed by atoms with Crippen LogP contribution >= 0.6 is 24.8 Å². The van der Waals surface area contributed by atoms with Crippen LogP contribution in [0.4, 0.5) is 0 Å². The summed E-state index contributed by atoms with van der Waals surface area (Å²) in [6, 6.07) is 0.531. The van der Waals surface area contributed by atoms with E-state index in [4.69, 9.17) is 5.84 Å². The molecule has 0 radical (unpaired) electrons. The van der Waals surface area contributed by atoms with Gasteiger partial charge in [-0.05, 0) is 25.7 Å². The molecular formula is C6H16Cl2N2. The second-order valence-corrected chi connectivity index (χ2v) is 2.65. The molecule has 64 valence electrons. The lowest BCUT2D eigenvalue weighted by molar-refractivity contribution is 0.242. The van der Waals surface area contributed by atoms with Crippen LogP contribution in [-0.2, 0) is 0 Å². The third-order valence-electron chi connectivity index (χ3n) is 2.12. The molecule has 0 saturated heterocycles. The fourth-order valence-corrected chi connectivity index (χ4v) is 1.08. The van der Waals surface area contributed by atoms with Gasteiger partial charge in [-0.2, -0.15) is 0 Å². The SMILES string of the molecule is CC(NN)C1CCC1.Cl.Cl. The fraction of sp³-hybridized carbons (Fsp3) is 1.00. The van der Waals surface area contributed by atoms with Gasteiger partial charge >= 0.3 is 0 Å². The molecule has 0 spiro atoms. The molecule has 1 saturated carbocycles. The largest absolute Gasteiger partial charge is 0.271 e. The summed E-state index contributed by atoms with van der Waals surface area (Å²) in [4.78, 5) is 0. The number of nitrogens with two attached hydrogens (primary N) is 1. The molecule has 2 nitrogen and oxygen atoms in total. The molecule has 1 fully saturated rings. The van der Waals surface area contributed by atoms with Gasteiger partial charge in [-0.25, -0.2) is 0 Å². The molecule has 10 heavy (non-hydrogen) atoms. The molecule has 3 N–H and O–H groups in total. The number of halogens is 2. The van der Waals surface area contributed by atoms with Gasteiger partial charge in [0.15, 0.2) is 0 Å². The number of hydrogen-bond donors (Lipinski definition) is 2. The van der Waals surface area contributed by atoms with E-state index in [9.17, 15) is 0 Å². The highest BCUT2D eigenvalue weighted by Gasteiger charge is 2.22. The van der Waals surface area contributed by atoms with Crippen molar-refractivity contribution in [2.45, 2.75) is 32.2 Å². The first-order chi connectivity index (χ1) is 3.84. The van der Waals surface area contributed by atoms with E-state index in [0.717, 1.165) is 5.92 Å². The van der Waals surface area contributed by atoms with E-state index < -0.39 is 0 Å². The van der Waals surface area contributed by atoms with Crippen molar-refractivity contribution in [3.8, 4) is 0 Å². The van der Waals surface area contributed by atoms with Crippen LogP contribution in [0.1, 0.15) is 26.2 Å². The van der Waals surface area contributed by atoms with Crippen LogP contribution in [-0.4, -0.2) is 6.04 Å². The van der Waals surface area contributed by atoms with Crippen molar-refractivity contribution in [2.75, 3.05) is 0 Å². The van der Waals surface area contributed by atoms with Gasteiger partial charge in [0.2, 0.25) is 0 Å². The zero-order chi connectivity index (χ0) is 5.98. The average Bonchev–Trinajstić information content (AvgIpc) is 1.62. The first kappa shape index (κ1) is 13.1. The molecule has 1 rings (SSSR count). The second-order valence-electron chi connectivity index (χ2n) is 2.65. The van der Waals surface area contributed by atoms with Crippen LogP contribution in [0, 0.1) is 5.92 Å². The smallest absolute Gasteiger partial charge is 0.0210 e. The summed E-state index contributed by atoms with van der Waals surface area (Å²) in [5.41, 5.74) is 2.77. The maximum atomic E-state index is 5.23. The van der Waals surface area contributed by atoms with Gasteiger partial charge in [0, 0.05) is 6.04 Å². The maximum Gasteiger partial charge on any atom is 0.0210 e. The van der Waals surface area contributed by atoms with Crippen LogP contribution < -0.4 is 11.3 Å². The lowest BCUT2D eigenvalue weighted by Gasteiger charge is -2.30. The number of nitrogens with one attached hydrogen (secondary N) is 1. The van der Waals surface area contributed by atoms with E-state index in [1.807, 2.05) is 0 Å². The minimum Gasteiger partial charge on any atom is -0.271 e. The predicted molar refractivity (Wildman–Crippen MR) is 48.6 cm³/mol. The molecule has 0 heterocycles. The molecule has 0 aromatic rings. The molecule has 4 heteroatoms. The molecule has 0 aromatic heterocycles. The molecule has 1 aliphatic carbocycles. The lowest BCUT2D eigenvalue weighted by atomic mass is 9.81. The fourth-order valence-electron chi connectivity index (χ4n) is 1.08. The third kappa shape index (κ3) is 3.06. The Bertz CT molecular complexity index is 73.4. The summed E-state index contributed by atoms with van der Waals surface area (Å²) in [6.07, 6.45) is 4.13. The Morgan fingerprint density at radius 2 is 1.90 bits per heavy atom. The summed E-state index contributed by atoms with van der Waals surface area (Å²) in [5.74, 6) is 6.09. The van der Waals surface area contributed by atoms with Crippen molar-refractivity contribution < 1.29 is 0 Å². The van der Waals surface area contributed by atoms with Gasteiger partial charge in [-0.3, -0.25) is 11.3 Å². The Morgan fingerprint density at radius 1 is 1.40 bits per heavy atom. The maximum absolute atomic E-state index is 5.23. The first-order valence-corrected chi connectivity index (χ1v) is 3.30. The zero-order valence-corrected chi connectivity index (χ0v) is 7.80. The van der Waals surface area contributed by atoms with E-state index in [2.05, 4.69) is 12.3 Å². The summed E-state index contributed by atoms with van der Waals surface area (Å²) in [6.45, 7) is 2.14. The standard InChI is InChI=1S/C6H14N2.2ClH/c1-5(8-7)6-3-2-4-6;;/h5-6,8H,2-4,7H2,1H3;2*1H. The Morgan fingerprint density at radius 3 is 2.00 bits per heavy atom. The van der Waals surface area contributed by atoms with Gasteiger partial charge in [0.1, 0.15) is 0 Å². The topological polar surface area (TPSA) is 38.0 Å². The predicted octanol–water partition coefficient (Wildman–Crippen LogP) is 1.48. The van der Waals surface area contributed by atoms with Crippen LogP contribution in [0.3, 0.4) is 0 Å². The Balaban J connectivity index is 0. The van der Waals surface area contributed by atoms with E-state index in [-0.39, 0.29) is 24.8 Å². The van der Waals surface area contributed by atoms with Gasteiger partial charge < -0.3 is 0 Å². The number of hydrogen-bond acceptors (Lipinski definition) is 2. The Kier molecular flexibility index (Phi) is 8.17. The molecule has 0 bridgehead atoms. The molecule has 1 atom stereocenters. The Labute approximate surface area is 74.7 Å². The van der Waals surface area contributed by atoms with E-state index in [1.54, 1.807) is 0 Å². The van der Waals surface area contributed by atoms with Crippen LogP contribution in [0.15, 0.2) is 0 Å². The molecule has 1 unspecified atom stereocenters. The van der Waals surface area contributed by atoms with Crippen molar-refractivity contribution in [3.05, 3.63) is 0 Å². The van der Waals surface area contributed by atoms with Crippen molar-refractivity contribution >= 4 is 24.8 Å². The van der Waals surface area contributed by atoms with E-state index >= 15 is 0 Å². The van der Waals surface area contributed by atoms with Crippen molar-refractivity contribution in [3.63, 3.8) is 0 Å². The minimum absolute atomic E-state index is 0. The third-order valence-corrected chi connectivity index (χ3v) is 2.12. The zero-order valence-electron chi connectivity index (χ0n) is 6.17. The van der Waals surface area contributed by atoms with E-state index in [1.165, 1.54) is 19.3 Å². The first-order valence-electron chi connectivity index (χ1n) is 3.30. The molecule has 1 aliphatic rings. The minimum atomic E-state index is 0. The summed E-state index contributed by atoms with van der Waals surface area (Å²) in [5, 5.41) is 0. The van der Waals surface area contributed by atoms with Crippen molar-refractivity contribution in [2.24, 2.45) is 11.8 Å². The van der Waals surface area contributed by atoms with Crippen LogP contribution in [0.25, 0.3) is 0 Å². The molecule has 0 aliphatic heterocycles. The molecular weight excluding hydrogens is 171 g/mol. The monoisotopic (exact) mass is 186 g/mol. The molecule has 0 amide bonds. The normalized spacial score (nSPS) is 19.8. The highest BCUT2D eigenvalue weighted by Crippen LogP contribution is 2.28.